The molecule has 2 aromatic carbocycles. The van der Waals surface area contributed by atoms with Crippen molar-refractivity contribution >= 4 is 11.8 Å². The molecule has 0 saturated carbocycles. The minimum Gasteiger partial charge on any atom is -0.302 e. The largest absolute Gasteiger partial charge is 0.302 e. The quantitative estimate of drug-likeness (QED) is 0.885. The van der Waals surface area contributed by atoms with Gasteiger partial charge in [0.1, 0.15) is 0 Å². The third-order valence-corrected chi connectivity index (χ3v) is 5.80. The molecular formula is C19H23NS. The maximum absolute atomic E-state index is 3.79. The van der Waals surface area contributed by atoms with Crippen molar-refractivity contribution < 1.29 is 0 Å². The molecule has 0 aromatic heterocycles. The van der Waals surface area contributed by atoms with Gasteiger partial charge in [0.15, 0.2) is 0 Å². The van der Waals surface area contributed by atoms with Gasteiger partial charge in [-0.3, -0.25) is 0 Å². The van der Waals surface area contributed by atoms with Crippen LogP contribution in [-0.2, 0) is 0 Å². The van der Waals surface area contributed by atoms with Crippen LogP contribution in [-0.4, -0.2) is 16.7 Å². The number of thioether (sulfide) groups is 1. The summed E-state index contributed by atoms with van der Waals surface area (Å²) in [6.07, 6.45) is 1.25. The molecule has 0 amide bonds. The number of hydrogen-bond acceptors (Lipinski definition) is 2. The summed E-state index contributed by atoms with van der Waals surface area (Å²) in [5.41, 5.74) is 2.78. The SMILES string of the molecule is CC1CCNC(C)(C(c2ccccc2)c2ccccc2)S1. The Labute approximate surface area is 132 Å². The third kappa shape index (κ3) is 3.17. The molecule has 2 heteroatoms. The fourth-order valence-corrected chi connectivity index (χ4v) is 5.00. The monoisotopic (exact) mass is 297 g/mol. The molecule has 110 valence electrons. The molecule has 0 spiro atoms. The predicted octanol–water partition coefficient (Wildman–Crippen LogP) is 4.65. The van der Waals surface area contributed by atoms with Crippen LogP contribution in [0.3, 0.4) is 0 Å². The lowest BCUT2D eigenvalue weighted by molar-refractivity contribution is 0.429. The van der Waals surface area contributed by atoms with Crippen molar-refractivity contribution in [3.63, 3.8) is 0 Å². The Morgan fingerprint density at radius 1 is 1.00 bits per heavy atom. The van der Waals surface area contributed by atoms with E-state index in [4.69, 9.17) is 0 Å². The molecule has 1 N–H and O–H groups in total. The summed E-state index contributed by atoms with van der Waals surface area (Å²) in [6.45, 7) is 5.80. The number of nitrogens with one attached hydrogen (secondary N) is 1. The Morgan fingerprint density at radius 3 is 2.00 bits per heavy atom. The van der Waals surface area contributed by atoms with E-state index in [2.05, 4.69) is 91.6 Å². The van der Waals surface area contributed by atoms with E-state index >= 15 is 0 Å². The average Bonchev–Trinajstić information content (AvgIpc) is 2.49. The van der Waals surface area contributed by atoms with Crippen LogP contribution in [0, 0.1) is 0 Å². The van der Waals surface area contributed by atoms with E-state index in [9.17, 15) is 0 Å². The molecule has 2 atom stereocenters. The first kappa shape index (κ1) is 14.7. The summed E-state index contributed by atoms with van der Waals surface area (Å²) in [5, 5.41) is 4.49. The van der Waals surface area contributed by atoms with Crippen LogP contribution < -0.4 is 5.32 Å². The molecule has 2 aromatic rings. The molecule has 0 aliphatic carbocycles. The van der Waals surface area contributed by atoms with Crippen LogP contribution in [0.4, 0.5) is 0 Å². The van der Waals surface area contributed by atoms with Gasteiger partial charge in [0.25, 0.3) is 0 Å². The molecule has 1 aliphatic heterocycles. The molecule has 1 fully saturated rings. The second-order valence-corrected chi connectivity index (χ2v) is 7.89. The van der Waals surface area contributed by atoms with Crippen LogP contribution in [0.1, 0.15) is 37.3 Å². The van der Waals surface area contributed by atoms with Crippen molar-refractivity contribution in [1.82, 2.24) is 5.32 Å². The van der Waals surface area contributed by atoms with Crippen LogP contribution >= 0.6 is 11.8 Å². The van der Waals surface area contributed by atoms with Crippen LogP contribution in [0.15, 0.2) is 60.7 Å². The molecule has 1 saturated heterocycles. The van der Waals surface area contributed by atoms with E-state index < -0.39 is 0 Å². The lowest BCUT2D eigenvalue weighted by atomic mass is 9.85. The summed E-state index contributed by atoms with van der Waals surface area (Å²) in [6, 6.07) is 21.8. The van der Waals surface area contributed by atoms with Crippen molar-refractivity contribution in [2.45, 2.75) is 36.3 Å². The Kier molecular flexibility index (Phi) is 4.37. The first-order valence-corrected chi connectivity index (χ1v) is 8.60. The van der Waals surface area contributed by atoms with Crippen LogP contribution in [0.2, 0.25) is 0 Å². The second-order valence-electron chi connectivity index (χ2n) is 6.01. The Balaban J connectivity index is 2.04. The lowest BCUT2D eigenvalue weighted by Crippen LogP contribution is -2.50. The number of benzene rings is 2. The average molecular weight is 297 g/mol. The van der Waals surface area contributed by atoms with Gasteiger partial charge in [-0.25, -0.2) is 0 Å². The molecular weight excluding hydrogens is 274 g/mol. The zero-order chi connectivity index (χ0) is 14.7. The summed E-state index contributed by atoms with van der Waals surface area (Å²) in [7, 11) is 0. The molecule has 21 heavy (non-hydrogen) atoms. The fraction of sp³-hybridized carbons (Fsp3) is 0.368. The van der Waals surface area contributed by atoms with Crippen molar-refractivity contribution in [2.24, 2.45) is 0 Å². The summed E-state index contributed by atoms with van der Waals surface area (Å²) >= 11 is 2.08. The van der Waals surface area contributed by atoms with Crippen LogP contribution in [0.5, 0.6) is 0 Å². The van der Waals surface area contributed by atoms with E-state index in [1.54, 1.807) is 0 Å². The Hall–Kier alpha value is -1.25. The van der Waals surface area contributed by atoms with E-state index in [0.29, 0.717) is 11.2 Å². The molecule has 2 unspecified atom stereocenters. The molecule has 0 radical (unpaired) electrons. The van der Waals surface area contributed by atoms with E-state index in [0.717, 1.165) is 6.54 Å². The molecule has 1 heterocycles. The summed E-state index contributed by atoms with van der Waals surface area (Å²) in [5.74, 6) is 0.368. The number of hydrogen-bond donors (Lipinski definition) is 1. The van der Waals surface area contributed by atoms with Crippen molar-refractivity contribution in [3.05, 3.63) is 71.8 Å². The van der Waals surface area contributed by atoms with Gasteiger partial charge in [0.2, 0.25) is 0 Å². The Morgan fingerprint density at radius 2 is 1.52 bits per heavy atom. The first-order valence-electron chi connectivity index (χ1n) is 7.72. The van der Waals surface area contributed by atoms with E-state index in [-0.39, 0.29) is 4.87 Å². The van der Waals surface area contributed by atoms with Gasteiger partial charge in [-0.15, -0.1) is 11.8 Å². The normalized spacial score (nSPS) is 26.0. The molecule has 1 nitrogen and oxygen atoms in total. The summed E-state index contributed by atoms with van der Waals surface area (Å²) < 4.78 is 0. The summed E-state index contributed by atoms with van der Waals surface area (Å²) in [4.78, 5) is 0.0420. The standard InChI is InChI=1S/C19H23NS/c1-15-13-14-20-19(2,21-15)18(16-9-5-3-6-10-16)17-11-7-4-8-12-17/h3-12,15,18,20H,13-14H2,1-2H3. The van der Waals surface area contributed by atoms with Gasteiger partial charge in [0, 0.05) is 11.2 Å². The minimum atomic E-state index is 0.0420. The zero-order valence-corrected chi connectivity index (χ0v) is 13.6. The van der Waals surface area contributed by atoms with Crippen molar-refractivity contribution in [2.75, 3.05) is 6.54 Å². The molecule has 3 rings (SSSR count). The number of rotatable bonds is 3. The van der Waals surface area contributed by atoms with E-state index in [1.807, 2.05) is 0 Å². The maximum atomic E-state index is 3.79. The van der Waals surface area contributed by atoms with Crippen LogP contribution in [0.25, 0.3) is 0 Å². The van der Waals surface area contributed by atoms with Gasteiger partial charge < -0.3 is 5.32 Å². The van der Waals surface area contributed by atoms with Gasteiger partial charge in [-0.05, 0) is 31.0 Å². The van der Waals surface area contributed by atoms with E-state index in [1.165, 1.54) is 17.5 Å². The van der Waals surface area contributed by atoms with Crippen molar-refractivity contribution in [3.8, 4) is 0 Å². The first-order chi connectivity index (χ1) is 10.2. The van der Waals surface area contributed by atoms with Gasteiger partial charge in [-0.2, -0.15) is 0 Å². The highest BCUT2D eigenvalue weighted by molar-refractivity contribution is 8.01. The topological polar surface area (TPSA) is 12.0 Å². The highest BCUT2D eigenvalue weighted by atomic mass is 32.2. The molecule has 0 bridgehead atoms. The second kappa shape index (κ2) is 6.25. The zero-order valence-electron chi connectivity index (χ0n) is 12.8. The van der Waals surface area contributed by atoms with Gasteiger partial charge >= 0.3 is 0 Å². The van der Waals surface area contributed by atoms with Gasteiger partial charge in [0.05, 0.1) is 4.87 Å². The maximum Gasteiger partial charge on any atom is 0.0729 e. The highest BCUT2D eigenvalue weighted by Crippen LogP contribution is 2.45. The smallest absolute Gasteiger partial charge is 0.0729 e. The lowest BCUT2D eigenvalue weighted by Gasteiger charge is -2.44. The van der Waals surface area contributed by atoms with Crippen molar-refractivity contribution in [1.29, 1.82) is 0 Å². The Bertz CT molecular complexity index is 529. The molecule has 1 aliphatic rings. The predicted molar refractivity (Wildman–Crippen MR) is 92.8 cm³/mol. The third-order valence-electron chi connectivity index (χ3n) is 4.29. The minimum absolute atomic E-state index is 0.0420. The fourth-order valence-electron chi connectivity index (χ4n) is 3.33. The highest BCUT2D eigenvalue weighted by Gasteiger charge is 2.39. The van der Waals surface area contributed by atoms with Gasteiger partial charge in [-0.1, -0.05) is 67.6 Å².